The molecule has 0 unspecified atom stereocenters. The molecule has 2 bridgehead atoms. The molecule has 2 fully saturated rings. The third-order valence-corrected chi connectivity index (χ3v) is 6.34. The highest BCUT2D eigenvalue weighted by atomic mass is 16.1. The number of fused-ring (bicyclic) bond motifs is 6. The number of rotatable bonds is 0. The van der Waals surface area contributed by atoms with Gasteiger partial charge in [-0.15, -0.1) is 0 Å². The zero-order valence-electron chi connectivity index (χ0n) is 11.0. The molecular weight excluding hydrogens is 208 g/mol. The van der Waals surface area contributed by atoms with E-state index in [4.69, 9.17) is 0 Å². The Hall–Kier alpha value is -0.590. The largest absolute Gasteiger partial charge is 0.294 e. The molecule has 92 valence electrons. The van der Waals surface area contributed by atoms with Gasteiger partial charge in [0.25, 0.3) is 0 Å². The Labute approximate surface area is 104 Å². The highest BCUT2D eigenvalue weighted by Crippen LogP contribution is 2.65. The summed E-state index contributed by atoms with van der Waals surface area (Å²) in [6, 6.07) is 0. The van der Waals surface area contributed by atoms with Crippen LogP contribution in [0.2, 0.25) is 0 Å². The van der Waals surface area contributed by atoms with E-state index in [-0.39, 0.29) is 5.41 Å². The second kappa shape index (κ2) is 3.05. The predicted octanol–water partition coefficient (Wildman–Crippen LogP) is 3.74. The number of carbonyl (C=O) groups is 1. The molecule has 0 saturated heterocycles. The molecule has 4 rings (SSSR count). The molecule has 17 heavy (non-hydrogen) atoms. The van der Waals surface area contributed by atoms with Gasteiger partial charge in [0.15, 0.2) is 5.78 Å². The molecule has 0 aromatic heterocycles. The van der Waals surface area contributed by atoms with Crippen LogP contribution in [-0.2, 0) is 4.79 Å². The summed E-state index contributed by atoms with van der Waals surface area (Å²) in [5.41, 5.74) is 3.23. The van der Waals surface area contributed by atoms with Gasteiger partial charge in [0.2, 0.25) is 0 Å². The second-order valence-corrected chi connectivity index (χ2v) is 7.23. The number of carbonyl (C=O) groups excluding carboxylic acids is 1. The van der Waals surface area contributed by atoms with Gasteiger partial charge >= 0.3 is 0 Å². The van der Waals surface area contributed by atoms with Gasteiger partial charge in [-0.2, -0.15) is 0 Å². The Bertz CT molecular complexity index is 429. The maximum Gasteiger partial charge on any atom is 0.162 e. The van der Waals surface area contributed by atoms with Crippen LogP contribution in [-0.4, -0.2) is 5.78 Å². The quantitative estimate of drug-likeness (QED) is 0.619. The molecule has 1 nitrogen and oxygen atoms in total. The SMILES string of the molecule is CC1(C)[C@@H]2CC[C@H]1C1=C(C2=O)[C@H]2CCCC[C@@H]12. The van der Waals surface area contributed by atoms with Crippen LogP contribution < -0.4 is 0 Å². The Kier molecular flexibility index (Phi) is 1.85. The standard InChI is InChI=1S/C16H22O/c1-16(2)11-7-8-12(16)15(17)14-10-6-4-3-5-9(10)13(11)14/h9-12H,3-8H2,1-2H3/t9-,10+,11+,12-/m1/s1. The van der Waals surface area contributed by atoms with Crippen molar-refractivity contribution in [3.63, 3.8) is 0 Å². The van der Waals surface area contributed by atoms with Gasteiger partial charge in [-0.05, 0) is 54.4 Å². The third-order valence-electron chi connectivity index (χ3n) is 6.34. The minimum Gasteiger partial charge on any atom is -0.294 e. The van der Waals surface area contributed by atoms with E-state index < -0.39 is 0 Å². The summed E-state index contributed by atoms with van der Waals surface area (Å²) in [5.74, 6) is 3.16. The molecule has 0 spiro atoms. The van der Waals surface area contributed by atoms with Crippen LogP contribution in [0.3, 0.4) is 0 Å². The van der Waals surface area contributed by atoms with Gasteiger partial charge in [-0.3, -0.25) is 4.79 Å². The fourth-order valence-corrected chi connectivity index (χ4v) is 5.47. The van der Waals surface area contributed by atoms with E-state index >= 15 is 0 Å². The lowest BCUT2D eigenvalue weighted by Crippen LogP contribution is -2.49. The van der Waals surface area contributed by atoms with Gasteiger partial charge < -0.3 is 0 Å². The van der Waals surface area contributed by atoms with Crippen LogP contribution in [0, 0.1) is 29.1 Å². The first kappa shape index (κ1) is 10.3. The Morgan fingerprint density at radius 3 is 2.35 bits per heavy atom. The average Bonchev–Trinajstić information content (AvgIpc) is 2.49. The van der Waals surface area contributed by atoms with E-state index in [0.717, 1.165) is 18.3 Å². The van der Waals surface area contributed by atoms with Crippen LogP contribution in [0.5, 0.6) is 0 Å². The highest BCUT2D eigenvalue weighted by Gasteiger charge is 2.60. The molecule has 4 atom stereocenters. The Morgan fingerprint density at radius 1 is 0.941 bits per heavy atom. The first-order valence-electron chi connectivity index (χ1n) is 7.40. The number of hydrogen-bond acceptors (Lipinski definition) is 1. The summed E-state index contributed by atoms with van der Waals surface area (Å²) >= 11 is 0. The molecule has 2 saturated carbocycles. The van der Waals surface area contributed by atoms with Crippen molar-refractivity contribution in [3.8, 4) is 0 Å². The van der Waals surface area contributed by atoms with Gasteiger partial charge in [-0.25, -0.2) is 0 Å². The lowest BCUT2D eigenvalue weighted by Gasteiger charge is -2.54. The lowest BCUT2D eigenvalue weighted by molar-refractivity contribution is -0.125. The van der Waals surface area contributed by atoms with Gasteiger partial charge in [-0.1, -0.05) is 32.3 Å². The highest BCUT2D eigenvalue weighted by molar-refractivity contribution is 6.02. The zero-order valence-corrected chi connectivity index (χ0v) is 11.0. The maximum absolute atomic E-state index is 12.7. The summed E-state index contributed by atoms with van der Waals surface area (Å²) in [5, 5.41) is 0. The fourth-order valence-electron chi connectivity index (χ4n) is 5.47. The molecule has 4 aliphatic rings. The smallest absolute Gasteiger partial charge is 0.162 e. The molecule has 0 amide bonds. The van der Waals surface area contributed by atoms with Crippen molar-refractivity contribution in [2.24, 2.45) is 29.1 Å². The van der Waals surface area contributed by atoms with Gasteiger partial charge in [0.05, 0.1) is 0 Å². The lowest BCUT2D eigenvalue weighted by atomic mass is 9.49. The van der Waals surface area contributed by atoms with Crippen molar-refractivity contribution in [2.45, 2.75) is 52.4 Å². The van der Waals surface area contributed by atoms with Crippen molar-refractivity contribution in [1.29, 1.82) is 0 Å². The minimum atomic E-state index is 0.262. The number of ketones is 1. The van der Waals surface area contributed by atoms with Crippen molar-refractivity contribution >= 4 is 5.78 Å². The predicted molar refractivity (Wildman–Crippen MR) is 67.5 cm³/mol. The second-order valence-electron chi connectivity index (χ2n) is 7.23. The van der Waals surface area contributed by atoms with E-state index in [2.05, 4.69) is 13.8 Å². The zero-order chi connectivity index (χ0) is 11.8. The molecule has 0 aliphatic heterocycles. The summed E-state index contributed by atoms with van der Waals surface area (Å²) < 4.78 is 0. The normalized spacial score (nSPS) is 46.4. The Balaban J connectivity index is 1.83. The van der Waals surface area contributed by atoms with Gasteiger partial charge in [0, 0.05) is 5.92 Å². The van der Waals surface area contributed by atoms with Crippen molar-refractivity contribution < 1.29 is 4.79 Å². The fraction of sp³-hybridized carbons (Fsp3) is 0.812. The van der Waals surface area contributed by atoms with Crippen LogP contribution >= 0.6 is 0 Å². The molecule has 4 aliphatic carbocycles. The van der Waals surface area contributed by atoms with Crippen molar-refractivity contribution in [1.82, 2.24) is 0 Å². The van der Waals surface area contributed by atoms with E-state index in [0.29, 0.717) is 17.6 Å². The van der Waals surface area contributed by atoms with Crippen LogP contribution in [0.25, 0.3) is 0 Å². The number of allylic oxidation sites excluding steroid dienone is 2. The topological polar surface area (TPSA) is 17.1 Å². The first-order chi connectivity index (χ1) is 8.12. The van der Waals surface area contributed by atoms with Crippen molar-refractivity contribution in [2.75, 3.05) is 0 Å². The summed E-state index contributed by atoms with van der Waals surface area (Å²) in [4.78, 5) is 12.7. The maximum atomic E-state index is 12.7. The molecule has 1 heteroatoms. The molecule has 0 aromatic rings. The molecule has 0 aromatic carbocycles. The van der Waals surface area contributed by atoms with Gasteiger partial charge in [0.1, 0.15) is 0 Å². The molecule has 0 radical (unpaired) electrons. The monoisotopic (exact) mass is 230 g/mol. The molecular formula is C16H22O. The number of hydrogen-bond donors (Lipinski definition) is 0. The third kappa shape index (κ3) is 1.05. The first-order valence-corrected chi connectivity index (χ1v) is 7.40. The van der Waals surface area contributed by atoms with E-state index in [9.17, 15) is 4.79 Å². The molecule has 0 N–H and O–H groups in total. The minimum absolute atomic E-state index is 0.262. The molecule has 0 heterocycles. The number of Topliss-reactive ketones (excluding diaryl/α,β-unsaturated/α-hetero) is 1. The van der Waals surface area contributed by atoms with Crippen LogP contribution in [0.4, 0.5) is 0 Å². The van der Waals surface area contributed by atoms with E-state index in [1.165, 1.54) is 37.7 Å². The Morgan fingerprint density at radius 2 is 1.59 bits per heavy atom. The van der Waals surface area contributed by atoms with Crippen LogP contribution in [0.15, 0.2) is 11.1 Å². The van der Waals surface area contributed by atoms with Crippen molar-refractivity contribution in [3.05, 3.63) is 11.1 Å². The van der Waals surface area contributed by atoms with E-state index in [1.54, 1.807) is 5.57 Å². The summed E-state index contributed by atoms with van der Waals surface area (Å²) in [6.45, 7) is 4.68. The summed E-state index contributed by atoms with van der Waals surface area (Å²) in [7, 11) is 0. The summed E-state index contributed by atoms with van der Waals surface area (Å²) in [6.07, 6.45) is 7.85. The average molecular weight is 230 g/mol. The van der Waals surface area contributed by atoms with E-state index in [1.807, 2.05) is 0 Å². The van der Waals surface area contributed by atoms with Crippen LogP contribution in [0.1, 0.15) is 52.4 Å².